The van der Waals surface area contributed by atoms with Gasteiger partial charge in [0.2, 0.25) is 11.4 Å². The summed E-state index contributed by atoms with van der Waals surface area (Å²) < 4.78 is 10.6. The van der Waals surface area contributed by atoms with E-state index in [0.29, 0.717) is 17.0 Å². The van der Waals surface area contributed by atoms with E-state index in [9.17, 15) is 24.4 Å². The van der Waals surface area contributed by atoms with Gasteiger partial charge in [0.25, 0.3) is 0 Å². The molecule has 1 heterocycles. The number of aromatic nitrogens is 2. The first-order valence-corrected chi connectivity index (χ1v) is 12.2. The highest BCUT2D eigenvalue weighted by Gasteiger charge is 2.52. The number of hydrogen-bond acceptors (Lipinski definition) is 8. The van der Waals surface area contributed by atoms with Gasteiger partial charge in [0, 0.05) is 43.7 Å². The molecule has 2 fully saturated rings. The number of aryl methyl sites for hydroxylation is 1. The summed E-state index contributed by atoms with van der Waals surface area (Å²) in [7, 11) is 0. The van der Waals surface area contributed by atoms with Gasteiger partial charge in [-0.15, -0.1) is 0 Å². The topological polar surface area (TPSA) is 130 Å². The predicted octanol–water partition coefficient (Wildman–Crippen LogP) is 3.43. The number of ether oxygens (including phenoxy) is 1. The number of hydrogen-bond donors (Lipinski definition) is 0. The van der Waals surface area contributed by atoms with E-state index in [-0.39, 0.29) is 66.0 Å². The molecule has 0 radical (unpaired) electrons. The van der Waals surface area contributed by atoms with Gasteiger partial charge in [-0.3, -0.25) is 23.8 Å². The van der Waals surface area contributed by atoms with Crippen LogP contribution < -0.4 is 9.64 Å². The zero-order chi connectivity index (χ0) is 26.4. The molecule has 2 saturated carbocycles. The van der Waals surface area contributed by atoms with Crippen molar-refractivity contribution in [2.24, 2.45) is 22.7 Å². The second-order valence-electron chi connectivity index (χ2n) is 11.7. The molecule has 0 saturated heterocycles. The lowest BCUT2D eigenvalue weighted by atomic mass is 9.59. The molecular weight excluding hydrogens is 464 g/mol. The number of carbonyl (C=O) groups is 4. The Balaban J connectivity index is 1.79. The number of carbonyl (C=O) groups excluding carboxylic acids is 4. The van der Waals surface area contributed by atoms with E-state index >= 15 is 0 Å². The highest BCUT2D eigenvalue weighted by molar-refractivity contribution is 6.11. The van der Waals surface area contributed by atoms with Gasteiger partial charge in [-0.1, -0.05) is 45.9 Å². The summed E-state index contributed by atoms with van der Waals surface area (Å²) >= 11 is 0. The van der Waals surface area contributed by atoms with Crippen LogP contribution in [0.1, 0.15) is 76.2 Å². The molecule has 0 N–H and O–H groups in total. The van der Waals surface area contributed by atoms with Crippen molar-refractivity contribution in [1.29, 1.82) is 0 Å². The molecule has 1 aromatic heterocycles. The van der Waals surface area contributed by atoms with Crippen molar-refractivity contribution in [3.8, 4) is 5.75 Å². The molecule has 9 nitrogen and oxygen atoms in total. The molecule has 0 aliphatic heterocycles. The Kier molecular flexibility index (Phi) is 6.62. The minimum Gasteiger partial charge on any atom is -0.484 e. The van der Waals surface area contributed by atoms with Crippen molar-refractivity contribution in [3.63, 3.8) is 0 Å². The lowest BCUT2D eigenvalue weighted by Crippen LogP contribution is -2.48. The fourth-order valence-electron chi connectivity index (χ4n) is 5.69. The molecule has 0 bridgehead atoms. The number of benzene rings is 1. The summed E-state index contributed by atoms with van der Waals surface area (Å²) in [4.78, 5) is 53.9. The second-order valence-corrected chi connectivity index (χ2v) is 11.7. The maximum absolute atomic E-state index is 13.4. The third kappa shape index (κ3) is 4.96. The van der Waals surface area contributed by atoms with E-state index in [1.54, 1.807) is 31.2 Å². The van der Waals surface area contributed by atoms with Crippen LogP contribution in [0.3, 0.4) is 0 Å². The number of ketones is 4. The van der Waals surface area contributed by atoms with E-state index in [4.69, 9.17) is 4.74 Å². The third-order valence-electron chi connectivity index (χ3n) is 7.25. The fraction of sp³-hybridized carbons (Fsp3) is 0.556. The summed E-state index contributed by atoms with van der Waals surface area (Å²) in [5.41, 5.74) is -0.0111. The average Bonchev–Trinajstić information content (AvgIpc) is 3.06. The van der Waals surface area contributed by atoms with Gasteiger partial charge in [-0.05, 0) is 27.4 Å². The Morgan fingerprint density at radius 2 is 1.42 bits per heavy atom. The molecule has 9 heteroatoms. The van der Waals surface area contributed by atoms with Crippen LogP contribution >= 0.6 is 0 Å². The first-order valence-electron chi connectivity index (χ1n) is 12.2. The summed E-state index contributed by atoms with van der Waals surface area (Å²) in [5.74, 6) is -4.01. The van der Waals surface area contributed by atoms with Crippen molar-refractivity contribution >= 4 is 23.1 Å². The number of nitrogens with zero attached hydrogens (tertiary/aromatic N) is 2. The molecule has 0 atom stereocenters. The van der Waals surface area contributed by atoms with Gasteiger partial charge < -0.3 is 9.94 Å². The molecule has 0 amide bonds. The summed E-state index contributed by atoms with van der Waals surface area (Å²) in [6.07, 6.45) is 0.721. The Morgan fingerprint density at radius 1 is 0.944 bits per heavy atom. The van der Waals surface area contributed by atoms with Gasteiger partial charge in [0.05, 0.1) is 11.8 Å². The Bertz CT molecular complexity index is 1120. The Hall–Kier alpha value is -3.36. The second kappa shape index (κ2) is 9.26. The molecule has 4 rings (SSSR count). The van der Waals surface area contributed by atoms with E-state index in [2.05, 4.69) is 9.79 Å². The quantitative estimate of drug-likeness (QED) is 0.439. The smallest absolute Gasteiger partial charge is 0.235 e. The van der Waals surface area contributed by atoms with Crippen LogP contribution in [0.4, 0.5) is 0 Å². The minimum absolute atomic E-state index is 0.166. The van der Waals surface area contributed by atoms with Crippen molar-refractivity contribution in [2.45, 2.75) is 72.8 Å². The monoisotopic (exact) mass is 496 g/mol. The van der Waals surface area contributed by atoms with Crippen LogP contribution in [0, 0.1) is 34.8 Å². The third-order valence-corrected chi connectivity index (χ3v) is 7.25. The summed E-state index contributed by atoms with van der Waals surface area (Å²) in [6, 6.07) is 6.76. The van der Waals surface area contributed by atoms with Crippen LogP contribution in [0.15, 0.2) is 28.9 Å². The minimum atomic E-state index is -1.12. The molecular formula is C27H32N2O7. The van der Waals surface area contributed by atoms with Crippen molar-refractivity contribution in [3.05, 3.63) is 46.4 Å². The van der Waals surface area contributed by atoms with Crippen LogP contribution in [-0.4, -0.2) is 28.3 Å². The Labute approximate surface area is 209 Å². The highest BCUT2D eigenvalue weighted by atomic mass is 16.8. The molecule has 1 aromatic carbocycles. The zero-order valence-corrected chi connectivity index (χ0v) is 21.3. The first-order chi connectivity index (χ1) is 16.8. The molecule has 2 aromatic rings. The Morgan fingerprint density at radius 3 is 1.86 bits per heavy atom. The molecule has 2 aliphatic carbocycles. The fourth-order valence-corrected chi connectivity index (χ4v) is 5.69. The number of rotatable bonds is 6. The molecule has 36 heavy (non-hydrogen) atoms. The molecule has 2 aliphatic rings. The maximum atomic E-state index is 13.4. The van der Waals surface area contributed by atoms with Crippen LogP contribution in [0.25, 0.3) is 0 Å². The van der Waals surface area contributed by atoms with Gasteiger partial charge >= 0.3 is 0 Å². The van der Waals surface area contributed by atoms with Crippen molar-refractivity contribution in [1.82, 2.24) is 5.16 Å². The van der Waals surface area contributed by atoms with E-state index in [0.717, 1.165) is 0 Å². The number of para-hydroxylation sites is 1. The zero-order valence-electron chi connectivity index (χ0n) is 21.3. The first kappa shape index (κ1) is 25.7. The van der Waals surface area contributed by atoms with Crippen molar-refractivity contribution < 1.29 is 33.4 Å². The van der Waals surface area contributed by atoms with Crippen molar-refractivity contribution in [2.75, 3.05) is 0 Å². The molecule has 0 unspecified atom stereocenters. The average molecular weight is 497 g/mol. The lowest BCUT2D eigenvalue weighted by molar-refractivity contribution is -0.808. The van der Waals surface area contributed by atoms with E-state index < -0.39 is 28.6 Å². The molecule has 192 valence electrons. The van der Waals surface area contributed by atoms with Gasteiger partial charge in [0.15, 0.2) is 6.61 Å². The van der Waals surface area contributed by atoms with E-state index in [1.165, 1.54) is 0 Å². The normalized spacial score (nSPS) is 20.8. The highest BCUT2D eigenvalue weighted by Crippen LogP contribution is 2.48. The van der Waals surface area contributed by atoms with Crippen LogP contribution in [0.5, 0.6) is 5.75 Å². The number of Topliss-reactive ketones (excluding diaryl/α,β-unsaturated/α-hetero) is 4. The largest absolute Gasteiger partial charge is 0.484 e. The maximum Gasteiger partial charge on any atom is 0.235 e. The van der Waals surface area contributed by atoms with Gasteiger partial charge in [-0.2, -0.15) is 0 Å². The molecule has 0 spiro atoms. The summed E-state index contributed by atoms with van der Waals surface area (Å²) in [5, 5.41) is 15.5. The predicted molar refractivity (Wildman–Crippen MR) is 127 cm³/mol. The standard InChI is InChI=1S/C27H32N2O7/c1-15-17(29(34)36-28-15)14-35-22-9-7-6-8-16(22)23(24-18(30)10-26(2,3)11-19(24)31)25-20(32)12-27(4,5)13-21(25)33/h6-9,23-25H,10-14H2,1-5H3. The van der Waals surface area contributed by atoms with Crippen LogP contribution in [-0.2, 0) is 25.8 Å². The summed E-state index contributed by atoms with van der Waals surface area (Å²) in [6.45, 7) is 8.89. The van der Waals surface area contributed by atoms with Gasteiger partial charge in [0.1, 0.15) is 28.9 Å². The van der Waals surface area contributed by atoms with Crippen LogP contribution in [0.2, 0.25) is 0 Å². The van der Waals surface area contributed by atoms with E-state index in [1.807, 2.05) is 27.7 Å². The van der Waals surface area contributed by atoms with Gasteiger partial charge in [-0.25, -0.2) is 0 Å². The SMILES string of the molecule is Cc1no[n+]([O-])c1COc1ccccc1C(C1C(=O)CC(C)(C)CC1=O)C1C(=O)CC(C)(C)CC1=O. The lowest BCUT2D eigenvalue weighted by Gasteiger charge is -2.41.